The fourth-order valence-electron chi connectivity index (χ4n) is 1.66. The third-order valence-corrected chi connectivity index (χ3v) is 2.97. The molecule has 0 aromatic heterocycles. The van der Waals surface area contributed by atoms with E-state index < -0.39 is 0 Å². The summed E-state index contributed by atoms with van der Waals surface area (Å²) in [6.45, 7) is 8.89. The highest BCUT2D eigenvalue weighted by Gasteiger charge is 2.15. The zero-order chi connectivity index (χ0) is 15.4. The summed E-state index contributed by atoms with van der Waals surface area (Å²) in [4.78, 5) is 21.4. The van der Waals surface area contributed by atoms with Crippen molar-refractivity contribution in [1.29, 1.82) is 0 Å². The first kappa shape index (κ1) is 18.4. The highest BCUT2D eigenvalue weighted by atomic mass is 16.5. The van der Waals surface area contributed by atoms with Crippen LogP contribution in [0.2, 0.25) is 0 Å². The maximum absolute atomic E-state index is 11.2. The summed E-state index contributed by atoms with van der Waals surface area (Å²) in [6.07, 6.45) is 9.11. The number of rotatable bonds is 7. The third kappa shape index (κ3) is 8.51. The van der Waals surface area contributed by atoms with Crippen LogP contribution in [0.1, 0.15) is 59.3 Å². The molecule has 114 valence electrons. The maximum Gasteiger partial charge on any atom is 0.313 e. The van der Waals surface area contributed by atoms with Gasteiger partial charge in [0.1, 0.15) is 5.76 Å². The van der Waals surface area contributed by atoms with Crippen molar-refractivity contribution in [3.63, 3.8) is 0 Å². The van der Waals surface area contributed by atoms with Crippen LogP contribution in [-0.4, -0.2) is 11.9 Å². The number of ether oxygens (including phenoxy) is 2. The molecule has 0 radical (unpaired) electrons. The molecule has 1 aliphatic carbocycles. The Hall–Kier alpha value is -1.58. The van der Waals surface area contributed by atoms with E-state index in [2.05, 4.69) is 13.5 Å². The summed E-state index contributed by atoms with van der Waals surface area (Å²) in [5.74, 6) is 0.539. The van der Waals surface area contributed by atoms with Gasteiger partial charge in [-0.2, -0.15) is 0 Å². The van der Waals surface area contributed by atoms with E-state index in [4.69, 9.17) is 9.47 Å². The van der Waals surface area contributed by atoms with Crippen molar-refractivity contribution in [1.82, 2.24) is 0 Å². The largest absolute Gasteiger partial charge is 0.435 e. The maximum atomic E-state index is 11.2. The Morgan fingerprint density at radius 1 is 1.45 bits per heavy atom. The van der Waals surface area contributed by atoms with Crippen molar-refractivity contribution in [2.75, 3.05) is 0 Å². The van der Waals surface area contributed by atoms with E-state index >= 15 is 0 Å². The highest BCUT2D eigenvalue weighted by molar-refractivity contribution is 5.72. The molecule has 1 aliphatic rings. The lowest BCUT2D eigenvalue weighted by Gasteiger charge is -2.11. The Morgan fingerprint density at radius 2 is 2.10 bits per heavy atom. The lowest BCUT2D eigenvalue weighted by molar-refractivity contribution is -0.143. The van der Waals surface area contributed by atoms with E-state index in [-0.39, 0.29) is 17.9 Å². The molecule has 0 spiro atoms. The zero-order valence-electron chi connectivity index (χ0n) is 12.8. The van der Waals surface area contributed by atoms with Gasteiger partial charge in [0, 0.05) is 13.3 Å². The van der Waals surface area contributed by atoms with E-state index in [1.165, 1.54) is 13.2 Å². The summed E-state index contributed by atoms with van der Waals surface area (Å²) >= 11 is 0. The minimum absolute atomic E-state index is 0.0583. The molecule has 0 saturated carbocycles. The molecular weight excluding hydrogens is 256 g/mol. The number of carbonyl (C=O) groups is 2. The predicted octanol–water partition coefficient (Wildman–Crippen LogP) is 4.12. The minimum Gasteiger partial charge on any atom is -0.435 e. The molecule has 0 aromatic carbocycles. The summed E-state index contributed by atoms with van der Waals surface area (Å²) in [6, 6.07) is 0. The quantitative estimate of drug-likeness (QED) is 0.520. The standard InChI is InChI=1S/C10H18O2.C6H8O2/c1-4-7-8-9(5-2)10(11)12-6-3;1-5(7)8-6-3-2-4-6/h6,9H,3-5,7-8H2,1-2H3;3H,2,4H2,1H3. The molecule has 0 N–H and O–H groups in total. The Kier molecular flexibility index (Phi) is 10.4. The van der Waals surface area contributed by atoms with Crippen molar-refractivity contribution in [3.05, 3.63) is 24.7 Å². The van der Waals surface area contributed by atoms with Gasteiger partial charge in [0.2, 0.25) is 0 Å². The van der Waals surface area contributed by atoms with Crippen LogP contribution in [0.15, 0.2) is 24.7 Å². The number of hydrogen-bond acceptors (Lipinski definition) is 4. The van der Waals surface area contributed by atoms with E-state index in [1.54, 1.807) is 0 Å². The smallest absolute Gasteiger partial charge is 0.313 e. The SMILES string of the molecule is C=COC(=O)C(CC)CCCC.CC(=O)OC1=CCC1. The Bertz CT molecular complexity index is 344. The van der Waals surface area contributed by atoms with Gasteiger partial charge in [0.15, 0.2) is 0 Å². The van der Waals surface area contributed by atoms with Crippen molar-refractivity contribution in [2.45, 2.75) is 59.3 Å². The zero-order valence-corrected chi connectivity index (χ0v) is 12.8. The molecule has 20 heavy (non-hydrogen) atoms. The second-order valence-corrected chi connectivity index (χ2v) is 4.65. The number of unbranched alkanes of at least 4 members (excludes halogenated alkanes) is 1. The number of hydrogen-bond donors (Lipinski definition) is 0. The lowest BCUT2D eigenvalue weighted by atomic mass is 10.00. The Labute approximate surface area is 121 Å². The van der Waals surface area contributed by atoms with Crippen LogP contribution in [0.5, 0.6) is 0 Å². The Morgan fingerprint density at radius 3 is 2.40 bits per heavy atom. The molecule has 4 nitrogen and oxygen atoms in total. The van der Waals surface area contributed by atoms with Crippen LogP contribution in [0, 0.1) is 5.92 Å². The number of carbonyl (C=O) groups excluding carboxylic acids is 2. The summed E-state index contributed by atoms with van der Waals surface area (Å²) in [5.41, 5.74) is 0. The molecule has 0 amide bonds. The van der Waals surface area contributed by atoms with E-state index in [9.17, 15) is 9.59 Å². The molecule has 1 unspecified atom stereocenters. The number of allylic oxidation sites excluding steroid dienone is 2. The second kappa shape index (κ2) is 11.3. The van der Waals surface area contributed by atoms with Crippen LogP contribution in [0.25, 0.3) is 0 Å². The van der Waals surface area contributed by atoms with Crippen LogP contribution >= 0.6 is 0 Å². The molecular formula is C16H26O4. The van der Waals surface area contributed by atoms with Gasteiger partial charge in [-0.25, -0.2) is 0 Å². The summed E-state index contributed by atoms with van der Waals surface area (Å²) in [7, 11) is 0. The van der Waals surface area contributed by atoms with Gasteiger partial charge in [-0.15, -0.1) is 0 Å². The van der Waals surface area contributed by atoms with Crippen LogP contribution in [0.3, 0.4) is 0 Å². The first-order chi connectivity index (χ1) is 9.54. The van der Waals surface area contributed by atoms with Gasteiger partial charge in [-0.1, -0.05) is 33.3 Å². The summed E-state index contributed by atoms with van der Waals surface area (Å²) < 4.78 is 9.43. The fraction of sp³-hybridized carbons (Fsp3) is 0.625. The molecule has 0 bridgehead atoms. The monoisotopic (exact) mass is 282 g/mol. The topological polar surface area (TPSA) is 52.6 Å². The summed E-state index contributed by atoms with van der Waals surface area (Å²) in [5, 5.41) is 0. The third-order valence-electron chi connectivity index (χ3n) is 2.97. The van der Waals surface area contributed by atoms with Gasteiger partial charge in [-0.3, -0.25) is 9.59 Å². The van der Waals surface area contributed by atoms with Crippen LogP contribution in [-0.2, 0) is 19.1 Å². The Balaban J connectivity index is 0.000000388. The minimum atomic E-state index is -0.212. The average Bonchev–Trinajstić information content (AvgIpc) is 2.36. The molecule has 1 rings (SSSR count). The molecule has 1 atom stereocenters. The molecule has 0 fully saturated rings. The molecule has 0 heterocycles. The van der Waals surface area contributed by atoms with Gasteiger partial charge in [0.25, 0.3) is 0 Å². The van der Waals surface area contributed by atoms with Crippen molar-refractivity contribution < 1.29 is 19.1 Å². The number of esters is 2. The lowest BCUT2D eigenvalue weighted by Crippen LogP contribution is -2.14. The average molecular weight is 282 g/mol. The van der Waals surface area contributed by atoms with Crippen LogP contribution in [0.4, 0.5) is 0 Å². The molecule has 0 aromatic rings. The fourth-order valence-corrected chi connectivity index (χ4v) is 1.66. The first-order valence-corrected chi connectivity index (χ1v) is 7.23. The van der Waals surface area contributed by atoms with E-state index in [0.29, 0.717) is 0 Å². The normalized spacial score (nSPS) is 13.8. The van der Waals surface area contributed by atoms with Gasteiger partial charge in [-0.05, 0) is 25.3 Å². The van der Waals surface area contributed by atoms with Crippen molar-refractivity contribution in [3.8, 4) is 0 Å². The van der Waals surface area contributed by atoms with Crippen molar-refractivity contribution in [2.24, 2.45) is 5.92 Å². The predicted molar refractivity (Wildman–Crippen MR) is 78.7 cm³/mol. The van der Waals surface area contributed by atoms with Gasteiger partial charge < -0.3 is 9.47 Å². The second-order valence-electron chi connectivity index (χ2n) is 4.65. The van der Waals surface area contributed by atoms with E-state index in [1.807, 2.05) is 13.0 Å². The van der Waals surface area contributed by atoms with Gasteiger partial charge >= 0.3 is 11.9 Å². The van der Waals surface area contributed by atoms with Gasteiger partial charge in [0.05, 0.1) is 12.2 Å². The molecule has 4 heteroatoms. The van der Waals surface area contributed by atoms with Crippen molar-refractivity contribution >= 4 is 11.9 Å². The van der Waals surface area contributed by atoms with Crippen LogP contribution < -0.4 is 0 Å². The highest BCUT2D eigenvalue weighted by Crippen LogP contribution is 2.18. The first-order valence-electron chi connectivity index (χ1n) is 7.23. The van der Waals surface area contributed by atoms with E-state index in [0.717, 1.165) is 44.3 Å². The molecule has 0 aliphatic heterocycles. The molecule has 0 saturated heterocycles.